The molecule has 19 heavy (non-hydrogen) atoms. The van der Waals surface area contributed by atoms with Crippen molar-refractivity contribution in [1.82, 2.24) is 9.79 Å². The Kier molecular flexibility index (Phi) is 4.75. The normalized spacial score (nSPS) is 14.9. The van der Waals surface area contributed by atoms with Gasteiger partial charge < -0.3 is 9.62 Å². The molecule has 2 radical (unpaired) electrons. The van der Waals surface area contributed by atoms with E-state index >= 15 is 0 Å². The number of hydrogen-bond acceptors (Lipinski definition) is 3. The third kappa shape index (κ3) is 3.24. The first-order chi connectivity index (χ1) is 8.83. The molecule has 1 aromatic heterocycles. The quantitative estimate of drug-likeness (QED) is 0.683. The molecule has 2 heterocycles. The van der Waals surface area contributed by atoms with E-state index in [-0.39, 0.29) is 20.1 Å². The van der Waals surface area contributed by atoms with Gasteiger partial charge in [-0.25, -0.2) is 4.98 Å². The SMILES string of the molecule is CN1[B]N(c2ccc(-c3ccccc3)cn2)CC1.[Ir]. The molecule has 3 rings (SSSR count). The Hall–Kier alpha value is -1.16. The van der Waals surface area contributed by atoms with Crippen molar-refractivity contribution in [3.63, 3.8) is 0 Å². The van der Waals surface area contributed by atoms with Crippen molar-refractivity contribution in [2.24, 2.45) is 0 Å². The van der Waals surface area contributed by atoms with Crippen molar-refractivity contribution >= 4 is 13.4 Å². The third-order valence-corrected chi connectivity index (χ3v) is 3.18. The van der Waals surface area contributed by atoms with Crippen LogP contribution in [0.3, 0.4) is 0 Å². The van der Waals surface area contributed by atoms with Gasteiger partial charge in [0, 0.05) is 45.0 Å². The van der Waals surface area contributed by atoms with Crippen LogP contribution in [0.5, 0.6) is 0 Å². The van der Waals surface area contributed by atoms with Gasteiger partial charge in [-0.1, -0.05) is 30.3 Å². The molecule has 2 aromatic rings. The fourth-order valence-electron chi connectivity index (χ4n) is 2.15. The van der Waals surface area contributed by atoms with Gasteiger partial charge in [0.05, 0.1) is 0 Å². The molecule has 0 bridgehead atoms. The molecule has 1 aliphatic rings. The molecule has 0 amide bonds. The van der Waals surface area contributed by atoms with E-state index in [1.54, 1.807) is 0 Å². The van der Waals surface area contributed by atoms with Gasteiger partial charge in [0.1, 0.15) is 5.82 Å². The Morgan fingerprint density at radius 3 is 2.37 bits per heavy atom. The zero-order valence-corrected chi connectivity index (χ0v) is 13.2. The van der Waals surface area contributed by atoms with Gasteiger partial charge in [0.15, 0.2) is 0 Å². The fourth-order valence-corrected chi connectivity index (χ4v) is 2.15. The van der Waals surface area contributed by atoms with Crippen molar-refractivity contribution in [2.75, 3.05) is 24.9 Å². The van der Waals surface area contributed by atoms with Gasteiger partial charge in [-0.15, -0.1) is 0 Å². The summed E-state index contributed by atoms with van der Waals surface area (Å²) >= 11 is 0. The van der Waals surface area contributed by atoms with Crippen LogP contribution in [0.1, 0.15) is 0 Å². The Bertz CT molecular complexity index is 518. The van der Waals surface area contributed by atoms with Gasteiger partial charge in [0.2, 0.25) is 0 Å². The van der Waals surface area contributed by atoms with E-state index < -0.39 is 0 Å². The van der Waals surface area contributed by atoms with E-state index in [0.717, 1.165) is 24.5 Å². The Balaban J connectivity index is 0.00000133. The molecule has 1 saturated heterocycles. The van der Waals surface area contributed by atoms with Gasteiger partial charge in [-0.3, -0.25) is 0 Å². The summed E-state index contributed by atoms with van der Waals surface area (Å²) in [7, 11) is 4.18. The average molecular weight is 428 g/mol. The molecule has 1 fully saturated rings. The molecular formula is C14H15BIrN3. The molecule has 0 spiro atoms. The number of likely N-dealkylation sites (N-methyl/N-ethyl adjacent to an activating group) is 1. The van der Waals surface area contributed by atoms with E-state index in [1.807, 2.05) is 24.4 Å². The molecule has 98 valence electrons. The summed E-state index contributed by atoms with van der Waals surface area (Å²) in [6, 6.07) is 14.5. The van der Waals surface area contributed by atoms with Crippen LogP contribution in [0.2, 0.25) is 0 Å². The molecule has 5 heteroatoms. The summed E-state index contributed by atoms with van der Waals surface area (Å²) in [6.45, 7) is 2.07. The topological polar surface area (TPSA) is 19.4 Å². The van der Waals surface area contributed by atoms with Crippen molar-refractivity contribution < 1.29 is 20.1 Å². The number of aromatic nitrogens is 1. The van der Waals surface area contributed by atoms with E-state index in [1.165, 1.54) is 5.56 Å². The molecule has 1 aromatic carbocycles. The number of anilines is 1. The summed E-state index contributed by atoms with van der Waals surface area (Å²) in [4.78, 5) is 8.89. The first-order valence-corrected chi connectivity index (χ1v) is 6.16. The summed E-state index contributed by atoms with van der Waals surface area (Å²) in [5, 5.41) is 0. The third-order valence-electron chi connectivity index (χ3n) is 3.18. The number of nitrogens with zero attached hydrogens (tertiary/aromatic N) is 3. The minimum Gasteiger partial charge on any atom is -0.388 e. The zero-order chi connectivity index (χ0) is 12.4. The van der Waals surface area contributed by atoms with Crippen LogP contribution in [0, 0.1) is 0 Å². The Labute approximate surface area is 128 Å². The van der Waals surface area contributed by atoms with Crippen LogP contribution in [0.4, 0.5) is 5.82 Å². The molecule has 3 nitrogen and oxygen atoms in total. The molecule has 1 aliphatic heterocycles. The molecule has 0 aliphatic carbocycles. The predicted molar refractivity (Wildman–Crippen MR) is 75.4 cm³/mol. The van der Waals surface area contributed by atoms with E-state index in [4.69, 9.17) is 0 Å². The maximum absolute atomic E-state index is 4.54. The van der Waals surface area contributed by atoms with E-state index in [2.05, 4.69) is 53.5 Å². The first-order valence-electron chi connectivity index (χ1n) is 6.16. The standard InChI is InChI=1S/C14H15BN3.Ir/c1-17-9-10-18(15-17)14-8-7-13(11-16-14)12-5-3-2-4-6-12;/h2-8,11H,9-10H2,1H3;. The van der Waals surface area contributed by atoms with Crippen molar-refractivity contribution in [1.29, 1.82) is 0 Å². The summed E-state index contributed by atoms with van der Waals surface area (Å²) in [5.41, 5.74) is 2.37. The zero-order valence-electron chi connectivity index (χ0n) is 10.8. The van der Waals surface area contributed by atoms with E-state index in [0.29, 0.717) is 0 Å². The molecule has 0 atom stereocenters. The summed E-state index contributed by atoms with van der Waals surface area (Å²) in [5.74, 6) is 1.01. The number of hydrogen-bond donors (Lipinski definition) is 0. The van der Waals surface area contributed by atoms with Gasteiger partial charge in [-0.2, -0.15) is 0 Å². The van der Waals surface area contributed by atoms with Crippen molar-refractivity contribution in [3.8, 4) is 11.1 Å². The smallest absolute Gasteiger partial charge is 0.353 e. The molecular weight excluding hydrogens is 413 g/mol. The molecule has 0 saturated carbocycles. The second-order valence-corrected chi connectivity index (χ2v) is 4.56. The number of rotatable bonds is 2. The summed E-state index contributed by atoms with van der Waals surface area (Å²) < 4.78 is 0. The van der Waals surface area contributed by atoms with Crippen LogP contribution < -0.4 is 4.81 Å². The molecule has 0 unspecified atom stereocenters. The van der Waals surface area contributed by atoms with Gasteiger partial charge >= 0.3 is 7.55 Å². The number of benzene rings is 1. The Morgan fingerprint density at radius 2 is 1.79 bits per heavy atom. The van der Waals surface area contributed by atoms with Crippen molar-refractivity contribution in [2.45, 2.75) is 0 Å². The van der Waals surface area contributed by atoms with Crippen LogP contribution >= 0.6 is 0 Å². The average Bonchev–Trinajstić information content (AvgIpc) is 2.87. The minimum atomic E-state index is 0. The van der Waals surface area contributed by atoms with Crippen LogP contribution in [-0.4, -0.2) is 37.5 Å². The summed E-state index contributed by atoms with van der Waals surface area (Å²) in [6.07, 6.45) is 1.94. The second-order valence-electron chi connectivity index (χ2n) is 4.56. The van der Waals surface area contributed by atoms with E-state index in [9.17, 15) is 0 Å². The molecule has 0 N–H and O–H groups in total. The monoisotopic (exact) mass is 429 g/mol. The number of pyridine rings is 1. The largest absolute Gasteiger partial charge is 0.388 e. The van der Waals surface area contributed by atoms with Crippen LogP contribution in [0.15, 0.2) is 48.7 Å². The predicted octanol–water partition coefficient (Wildman–Crippen LogP) is 2.03. The van der Waals surface area contributed by atoms with Gasteiger partial charge in [0.25, 0.3) is 0 Å². The van der Waals surface area contributed by atoms with Crippen LogP contribution in [0.25, 0.3) is 11.1 Å². The Morgan fingerprint density at radius 1 is 1.00 bits per heavy atom. The fraction of sp³-hybridized carbons (Fsp3) is 0.214. The van der Waals surface area contributed by atoms with Crippen LogP contribution in [-0.2, 0) is 20.1 Å². The van der Waals surface area contributed by atoms with Crippen molar-refractivity contribution in [3.05, 3.63) is 48.7 Å². The minimum absolute atomic E-state index is 0. The first kappa shape index (κ1) is 14.3. The van der Waals surface area contributed by atoms with Gasteiger partial charge in [-0.05, 0) is 24.7 Å². The maximum atomic E-state index is 4.54. The second kappa shape index (κ2) is 6.33. The maximum Gasteiger partial charge on any atom is 0.353 e.